The Balaban J connectivity index is 0.000000169. The summed E-state index contributed by atoms with van der Waals surface area (Å²) in [5.74, 6) is 0. The van der Waals surface area contributed by atoms with E-state index in [9.17, 15) is 0 Å². The number of hydrogen-bond donors (Lipinski definition) is 0. The van der Waals surface area contributed by atoms with E-state index in [0.29, 0.717) is 0 Å². The van der Waals surface area contributed by atoms with E-state index in [2.05, 4.69) is 127 Å². The first kappa shape index (κ1) is 33.7. The van der Waals surface area contributed by atoms with Crippen LogP contribution in [0, 0.1) is 32.9 Å². The van der Waals surface area contributed by atoms with E-state index >= 15 is 0 Å². The fourth-order valence-electron chi connectivity index (χ4n) is 6.53. The average Bonchev–Trinajstić information content (AvgIpc) is 3.57. The molecule has 5 heteroatoms. The first-order chi connectivity index (χ1) is 24.5. The van der Waals surface area contributed by atoms with Crippen molar-refractivity contribution >= 4 is 32.7 Å². The number of pyridine rings is 3. The summed E-state index contributed by atoms with van der Waals surface area (Å²) in [4.78, 5) is 13.4. The second kappa shape index (κ2) is 14.6. The average molecular weight is 836 g/mol. The summed E-state index contributed by atoms with van der Waals surface area (Å²) < 4.78 is 6.56. The number of aromatic nitrogens is 3. The molecule has 1 radical (unpaired) electrons. The zero-order valence-corrected chi connectivity index (χ0v) is 30.8. The van der Waals surface area contributed by atoms with Crippen LogP contribution in [0.3, 0.4) is 0 Å². The van der Waals surface area contributed by atoms with E-state index < -0.39 is 0 Å². The molecule has 4 nitrogen and oxygen atoms in total. The number of rotatable bonds is 4. The molecule has 0 unspecified atom stereocenters. The van der Waals surface area contributed by atoms with Gasteiger partial charge in [0.25, 0.3) is 0 Å². The molecule has 4 heterocycles. The summed E-state index contributed by atoms with van der Waals surface area (Å²) in [6, 6.07) is 47.9. The smallest absolute Gasteiger partial charge is 0.129 e. The Morgan fingerprint density at radius 1 is 0.588 bits per heavy atom. The van der Waals surface area contributed by atoms with Crippen molar-refractivity contribution in [3.8, 4) is 44.8 Å². The van der Waals surface area contributed by atoms with Crippen LogP contribution in [0.15, 0.2) is 151 Å². The van der Waals surface area contributed by atoms with E-state index in [1.165, 1.54) is 27.8 Å². The van der Waals surface area contributed by atoms with Gasteiger partial charge in [0, 0.05) is 61.2 Å². The number of furan rings is 1. The van der Waals surface area contributed by atoms with Crippen LogP contribution in [-0.2, 0) is 20.1 Å². The summed E-state index contributed by atoms with van der Waals surface area (Å²) in [6.07, 6.45) is 7.48. The van der Waals surface area contributed by atoms with Crippen LogP contribution >= 0.6 is 0 Å². The molecule has 0 amide bonds. The number of nitrogens with zero attached hydrogens (tertiary/aromatic N) is 3. The van der Waals surface area contributed by atoms with E-state index in [-0.39, 0.29) is 20.1 Å². The monoisotopic (exact) mass is 836 g/mol. The molecule has 0 aliphatic carbocycles. The van der Waals surface area contributed by atoms with Gasteiger partial charge in [0.2, 0.25) is 0 Å². The number of benzene rings is 5. The van der Waals surface area contributed by atoms with Crippen LogP contribution < -0.4 is 0 Å². The van der Waals surface area contributed by atoms with Gasteiger partial charge in [-0.3, -0.25) is 4.98 Å². The minimum atomic E-state index is 0. The van der Waals surface area contributed by atoms with Gasteiger partial charge < -0.3 is 14.4 Å². The van der Waals surface area contributed by atoms with Crippen molar-refractivity contribution < 1.29 is 24.5 Å². The summed E-state index contributed by atoms with van der Waals surface area (Å²) in [6.45, 7) is 6.29. The van der Waals surface area contributed by atoms with Crippen LogP contribution in [0.1, 0.15) is 16.7 Å². The Bertz CT molecular complexity index is 2610. The molecule has 249 valence electrons. The molecule has 5 aromatic carbocycles. The Morgan fingerprint density at radius 2 is 1.45 bits per heavy atom. The fourth-order valence-corrected chi connectivity index (χ4v) is 6.53. The normalized spacial score (nSPS) is 10.9. The second-order valence-electron chi connectivity index (χ2n) is 12.5. The SMILES string of the molecule is Cc1c[c-]c(-c2cc(-c3ccccc3)c(C)cn2)cc1.Cc1ccc(-c2cccc3ccncc23)c2oc3c(-c4ccccn4)[c-]ccc3c12.[Ir]. The van der Waals surface area contributed by atoms with Crippen molar-refractivity contribution in [3.05, 3.63) is 175 Å². The Kier molecular flexibility index (Phi) is 9.67. The first-order valence-corrected chi connectivity index (χ1v) is 16.7. The van der Waals surface area contributed by atoms with E-state index in [4.69, 9.17) is 4.42 Å². The van der Waals surface area contributed by atoms with Crippen LogP contribution in [0.4, 0.5) is 0 Å². The molecule has 0 N–H and O–H groups in total. The van der Waals surface area contributed by atoms with Crippen molar-refractivity contribution in [2.24, 2.45) is 0 Å². The molecule has 9 aromatic rings. The standard InChI is InChI=1S/C27H17N2O.C19H16N.Ir/c1-17-11-12-20(19-7-4-6-18-13-15-28-16-23(18)19)27-25(17)22-9-5-8-21(26(22)30-27)24-10-2-3-14-29-24;1-14-8-10-17(11-9-14)19-12-18(15(2)13-20-19)16-6-4-3-5-7-16;/h2-7,9-16H,1H3;3-10,12-13H,1-2H3;/q2*-1;. The topological polar surface area (TPSA) is 51.8 Å². The van der Waals surface area contributed by atoms with Crippen LogP contribution in [0.5, 0.6) is 0 Å². The van der Waals surface area contributed by atoms with E-state index in [1.807, 2.05) is 61.1 Å². The molecule has 0 bridgehead atoms. The van der Waals surface area contributed by atoms with Gasteiger partial charge in [-0.2, -0.15) is 0 Å². The molecule has 0 spiro atoms. The number of aryl methyl sites for hydroxylation is 3. The van der Waals surface area contributed by atoms with Crippen molar-refractivity contribution in [1.82, 2.24) is 15.0 Å². The minimum Gasteiger partial charge on any atom is -0.500 e. The molecule has 9 rings (SSSR count). The quantitative estimate of drug-likeness (QED) is 0.166. The summed E-state index contributed by atoms with van der Waals surface area (Å²) in [7, 11) is 0. The Labute approximate surface area is 311 Å². The first-order valence-electron chi connectivity index (χ1n) is 16.7. The van der Waals surface area contributed by atoms with Gasteiger partial charge in [0.05, 0.1) is 5.58 Å². The van der Waals surface area contributed by atoms with E-state index in [0.717, 1.165) is 66.4 Å². The third-order valence-corrected chi connectivity index (χ3v) is 9.12. The van der Waals surface area contributed by atoms with Gasteiger partial charge in [0.15, 0.2) is 0 Å². The molecule has 0 fully saturated rings. The van der Waals surface area contributed by atoms with Gasteiger partial charge in [-0.1, -0.05) is 96.7 Å². The van der Waals surface area contributed by atoms with Crippen LogP contribution in [0.2, 0.25) is 0 Å². The minimum absolute atomic E-state index is 0. The Morgan fingerprint density at radius 3 is 2.25 bits per heavy atom. The van der Waals surface area contributed by atoms with Crippen molar-refractivity contribution in [1.29, 1.82) is 0 Å². The predicted molar refractivity (Wildman–Crippen MR) is 205 cm³/mol. The van der Waals surface area contributed by atoms with E-state index in [1.54, 1.807) is 6.20 Å². The van der Waals surface area contributed by atoms with Gasteiger partial charge in [-0.05, 0) is 70.6 Å². The third-order valence-electron chi connectivity index (χ3n) is 9.12. The molecular weight excluding hydrogens is 803 g/mol. The molecule has 0 aliphatic heterocycles. The maximum absolute atomic E-state index is 6.56. The molecule has 0 saturated heterocycles. The fraction of sp³-hybridized carbons (Fsp3) is 0.0652. The maximum atomic E-state index is 6.56. The molecule has 0 saturated carbocycles. The van der Waals surface area contributed by atoms with Gasteiger partial charge in [-0.15, -0.1) is 53.6 Å². The summed E-state index contributed by atoms with van der Waals surface area (Å²) in [5, 5.41) is 4.49. The van der Waals surface area contributed by atoms with Crippen molar-refractivity contribution in [2.45, 2.75) is 20.8 Å². The largest absolute Gasteiger partial charge is 0.500 e. The molecule has 0 aliphatic rings. The predicted octanol–water partition coefficient (Wildman–Crippen LogP) is 11.8. The molecule has 4 aromatic heterocycles. The zero-order chi connectivity index (χ0) is 34.0. The number of hydrogen-bond acceptors (Lipinski definition) is 4. The summed E-state index contributed by atoms with van der Waals surface area (Å²) in [5.41, 5.74) is 13.7. The Hall–Kier alpha value is -5.74. The maximum Gasteiger partial charge on any atom is 0.129 e. The van der Waals surface area contributed by atoms with Crippen LogP contribution in [-0.4, -0.2) is 15.0 Å². The van der Waals surface area contributed by atoms with Gasteiger partial charge >= 0.3 is 0 Å². The van der Waals surface area contributed by atoms with Gasteiger partial charge in [0.1, 0.15) is 5.58 Å². The van der Waals surface area contributed by atoms with Gasteiger partial charge in [-0.25, -0.2) is 0 Å². The molecule has 51 heavy (non-hydrogen) atoms. The zero-order valence-electron chi connectivity index (χ0n) is 28.4. The molecular formula is C46H33IrN3O-2. The third kappa shape index (κ3) is 6.62. The van der Waals surface area contributed by atoms with Crippen molar-refractivity contribution in [2.75, 3.05) is 0 Å². The molecule has 0 atom stereocenters. The van der Waals surface area contributed by atoms with Crippen molar-refractivity contribution in [3.63, 3.8) is 0 Å². The summed E-state index contributed by atoms with van der Waals surface area (Å²) >= 11 is 0. The number of fused-ring (bicyclic) bond motifs is 4. The van der Waals surface area contributed by atoms with Crippen LogP contribution in [0.25, 0.3) is 77.5 Å². The second-order valence-corrected chi connectivity index (χ2v) is 12.5.